The predicted octanol–water partition coefficient (Wildman–Crippen LogP) is 3.54. The Morgan fingerprint density at radius 2 is 2.15 bits per heavy atom. The summed E-state index contributed by atoms with van der Waals surface area (Å²) in [5, 5.41) is 10.9. The number of aromatic amines is 1. The number of hydrogen-bond donors (Lipinski definition) is 2. The van der Waals surface area contributed by atoms with Gasteiger partial charge in [-0.15, -0.1) is 5.10 Å². The Kier molecular flexibility index (Phi) is 4.46. The van der Waals surface area contributed by atoms with E-state index in [0.29, 0.717) is 45.7 Å². The Balaban J connectivity index is 1.47. The minimum atomic E-state index is 0.148. The van der Waals surface area contributed by atoms with E-state index in [-0.39, 0.29) is 12.4 Å². The smallest absolute Gasteiger partial charge is 0.207 e. The van der Waals surface area contributed by atoms with Gasteiger partial charge in [-0.1, -0.05) is 43.0 Å². The summed E-state index contributed by atoms with van der Waals surface area (Å²) in [6.07, 6.45) is 4.13. The predicted molar refractivity (Wildman–Crippen MR) is 98.2 cm³/mol. The zero-order chi connectivity index (χ0) is 18.1. The highest BCUT2D eigenvalue weighted by molar-refractivity contribution is 6.31. The van der Waals surface area contributed by atoms with Crippen LogP contribution in [0.3, 0.4) is 0 Å². The van der Waals surface area contributed by atoms with Crippen LogP contribution in [-0.2, 0) is 6.61 Å². The van der Waals surface area contributed by atoms with Gasteiger partial charge >= 0.3 is 0 Å². The van der Waals surface area contributed by atoms with Crippen molar-refractivity contribution in [2.24, 2.45) is 5.92 Å². The number of rotatable bonds is 6. The van der Waals surface area contributed by atoms with E-state index in [0.717, 1.165) is 18.4 Å². The van der Waals surface area contributed by atoms with Crippen LogP contribution in [0.4, 0.5) is 5.82 Å². The van der Waals surface area contributed by atoms with Crippen molar-refractivity contribution in [2.75, 3.05) is 5.73 Å². The van der Waals surface area contributed by atoms with Crippen molar-refractivity contribution < 1.29 is 9.53 Å². The van der Waals surface area contributed by atoms with Crippen molar-refractivity contribution in [3.63, 3.8) is 0 Å². The number of ketones is 1. The largest absolute Gasteiger partial charge is 0.486 e. The number of benzene rings is 1. The number of nitrogens with two attached hydrogens (primary N) is 1. The molecule has 3 N–H and O–H groups in total. The second-order valence-electron chi connectivity index (χ2n) is 6.56. The zero-order valence-corrected chi connectivity index (χ0v) is 14.8. The second kappa shape index (κ2) is 6.92. The molecule has 134 valence electrons. The van der Waals surface area contributed by atoms with Crippen LogP contribution in [0.2, 0.25) is 5.02 Å². The van der Waals surface area contributed by atoms with Crippen molar-refractivity contribution in [1.29, 1.82) is 0 Å². The molecule has 1 fully saturated rings. The third-order valence-electron chi connectivity index (χ3n) is 4.73. The fraction of sp³-hybridized carbons (Fsp3) is 0.333. The molecule has 26 heavy (non-hydrogen) atoms. The Bertz CT molecular complexity index is 967. The van der Waals surface area contributed by atoms with Crippen molar-refractivity contribution in [3.05, 3.63) is 40.4 Å². The minimum Gasteiger partial charge on any atom is -0.486 e. The Morgan fingerprint density at radius 3 is 2.88 bits per heavy atom. The number of fused-ring (bicyclic) bond motifs is 1. The summed E-state index contributed by atoms with van der Waals surface area (Å²) in [7, 11) is 0. The molecule has 0 unspecified atom stereocenters. The summed E-state index contributed by atoms with van der Waals surface area (Å²) in [6.45, 7) is 0.224. The van der Waals surface area contributed by atoms with Crippen molar-refractivity contribution in [3.8, 4) is 5.75 Å². The van der Waals surface area contributed by atoms with Crippen LogP contribution in [0.5, 0.6) is 5.75 Å². The van der Waals surface area contributed by atoms with Crippen molar-refractivity contribution >= 4 is 34.4 Å². The van der Waals surface area contributed by atoms with E-state index in [2.05, 4.69) is 20.4 Å². The summed E-state index contributed by atoms with van der Waals surface area (Å²) in [6, 6.07) is 6.93. The number of Topliss-reactive ketones (excluding diaryl/α,β-unsaturated/α-hetero) is 1. The average molecular weight is 372 g/mol. The van der Waals surface area contributed by atoms with E-state index in [1.807, 2.05) is 6.07 Å². The molecular formula is C18H18ClN5O2. The van der Waals surface area contributed by atoms with Gasteiger partial charge in [-0.3, -0.25) is 4.79 Å². The first kappa shape index (κ1) is 16.8. The number of ether oxygens (including phenoxy) is 1. The summed E-state index contributed by atoms with van der Waals surface area (Å²) < 4.78 is 5.80. The molecule has 1 saturated carbocycles. The number of nitrogens with one attached hydrogen (secondary N) is 1. The highest BCUT2D eigenvalue weighted by Crippen LogP contribution is 2.31. The molecule has 0 bridgehead atoms. The Hall–Kier alpha value is -2.67. The third kappa shape index (κ3) is 3.35. The maximum atomic E-state index is 12.3. The Labute approximate surface area is 154 Å². The Morgan fingerprint density at radius 1 is 1.31 bits per heavy atom. The minimum absolute atomic E-state index is 0.148. The molecule has 3 aromatic rings. The normalized spacial score (nSPS) is 14.3. The molecule has 7 nitrogen and oxygen atoms in total. The molecule has 2 aromatic heterocycles. The number of nitrogen functional groups attached to an aromatic ring is 1. The molecule has 4 rings (SSSR count). The molecule has 0 amide bonds. The van der Waals surface area contributed by atoms with Crippen LogP contribution in [-0.4, -0.2) is 26.2 Å². The van der Waals surface area contributed by atoms with Crippen LogP contribution in [0.1, 0.15) is 41.6 Å². The standard InChI is InChI=1S/C18H18ClN5O2/c19-13-7-11(14(25)6-10-2-1-3-10)4-5-12(13)9-26-15-8-16(20)21-18-17(15)22-24-23-18/h4-5,7-8,10H,1-3,6,9H2,(H3,20,21,22,23,24). The first-order valence-corrected chi connectivity index (χ1v) is 8.89. The molecule has 1 aliphatic rings. The van der Waals surface area contributed by atoms with Crippen molar-refractivity contribution in [2.45, 2.75) is 32.3 Å². The second-order valence-corrected chi connectivity index (χ2v) is 6.97. The van der Waals surface area contributed by atoms with Gasteiger partial charge in [0.25, 0.3) is 0 Å². The van der Waals surface area contributed by atoms with Gasteiger partial charge in [0.2, 0.25) is 5.65 Å². The molecule has 1 aliphatic carbocycles. The zero-order valence-electron chi connectivity index (χ0n) is 14.0. The lowest BCUT2D eigenvalue weighted by atomic mass is 9.81. The molecular weight excluding hydrogens is 354 g/mol. The van der Waals surface area contributed by atoms with Gasteiger partial charge in [-0.05, 0) is 12.0 Å². The highest BCUT2D eigenvalue weighted by atomic mass is 35.5. The number of aromatic nitrogens is 4. The van der Waals surface area contributed by atoms with Gasteiger partial charge in [0.05, 0.1) is 0 Å². The van der Waals surface area contributed by atoms with Gasteiger partial charge in [-0.25, -0.2) is 4.98 Å². The first-order chi connectivity index (χ1) is 12.6. The molecule has 8 heteroatoms. The quantitative estimate of drug-likeness (QED) is 0.642. The van der Waals surface area contributed by atoms with E-state index in [1.165, 1.54) is 6.42 Å². The monoisotopic (exact) mass is 371 g/mol. The lowest BCUT2D eigenvalue weighted by Gasteiger charge is -2.24. The average Bonchev–Trinajstić information content (AvgIpc) is 3.04. The fourth-order valence-corrected chi connectivity index (χ4v) is 3.24. The third-order valence-corrected chi connectivity index (χ3v) is 5.09. The molecule has 0 radical (unpaired) electrons. The van der Waals surface area contributed by atoms with Gasteiger partial charge < -0.3 is 10.5 Å². The SMILES string of the molecule is Nc1cc(OCc2ccc(C(=O)CC3CCC3)cc2Cl)c2n[nH]nc2n1. The number of carbonyl (C=O) groups is 1. The van der Waals surface area contributed by atoms with Crippen LogP contribution < -0.4 is 10.5 Å². The molecule has 0 atom stereocenters. The van der Waals surface area contributed by atoms with Crippen LogP contribution in [0, 0.1) is 5.92 Å². The fourth-order valence-electron chi connectivity index (χ4n) is 3.01. The molecule has 2 heterocycles. The van der Waals surface area contributed by atoms with E-state index >= 15 is 0 Å². The van der Waals surface area contributed by atoms with Gasteiger partial charge in [0.1, 0.15) is 12.4 Å². The maximum absolute atomic E-state index is 12.3. The van der Waals surface area contributed by atoms with E-state index in [9.17, 15) is 4.79 Å². The highest BCUT2D eigenvalue weighted by Gasteiger charge is 2.21. The number of hydrogen-bond acceptors (Lipinski definition) is 6. The van der Waals surface area contributed by atoms with Crippen molar-refractivity contribution in [1.82, 2.24) is 20.4 Å². The van der Waals surface area contributed by atoms with E-state index < -0.39 is 0 Å². The number of nitrogens with zero attached hydrogens (tertiary/aromatic N) is 3. The van der Waals surface area contributed by atoms with Crippen LogP contribution in [0.15, 0.2) is 24.3 Å². The maximum Gasteiger partial charge on any atom is 0.207 e. The first-order valence-electron chi connectivity index (χ1n) is 8.51. The number of carbonyl (C=O) groups excluding carboxylic acids is 1. The van der Waals surface area contributed by atoms with E-state index in [1.54, 1.807) is 18.2 Å². The summed E-state index contributed by atoms with van der Waals surface area (Å²) in [4.78, 5) is 16.4. The summed E-state index contributed by atoms with van der Waals surface area (Å²) in [5.74, 6) is 1.45. The number of H-pyrrole nitrogens is 1. The molecule has 1 aromatic carbocycles. The lowest BCUT2D eigenvalue weighted by molar-refractivity contribution is 0.0936. The van der Waals surface area contributed by atoms with E-state index in [4.69, 9.17) is 22.1 Å². The number of anilines is 1. The number of halogens is 1. The van der Waals surface area contributed by atoms with Crippen LogP contribution >= 0.6 is 11.6 Å². The van der Waals surface area contributed by atoms with Gasteiger partial charge in [-0.2, -0.15) is 10.3 Å². The summed E-state index contributed by atoms with van der Waals surface area (Å²) >= 11 is 6.35. The number of pyridine rings is 1. The van der Waals surface area contributed by atoms with Gasteiger partial charge in [0, 0.05) is 28.6 Å². The molecule has 0 saturated heterocycles. The molecule has 0 spiro atoms. The topological polar surface area (TPSA) is 107 Å². The summed E-state index contributed by atoms with van der Waals surface area (Å²) in [5.41, 5.74) is 8.08. The van der Waals surface area contributed by atoms with Crippen LogP contribution in [0.25, 0.3) is 11.2 Å². The van der Waals surface area contributed by atoms with Gasteiger partial charge in [0.15, 0.2) is 17.0 Å². The molecule has 0 aliphatic heterocycles. The lowest BCUT2D eigenvalue weighted by Crippen LogP contribution is -2.16.